The summed E-state index contributed by atoms with van der Waals surface area (Å²) >= 11 is 0. The Morgan fingerprint density at radius 2 is 1.59 bits per heavy atom. The summed E-state index contributed by atoms with van der Waals surface area (Å²) in [6, 6.07) is 22.3. The quantitative estimate of drug-likeness (QED) is 0.519. The number of aromatic nitrogens is 2. The Bertz CT molecular complexity index is 1530. The number of H-pyrrole nitrogens is 1. The second-order valence-electron chi connectivity index (χ2n) is 7.18. The first kappa shape index (κ1) is 19.4. The highest BCUT2D eigenvalue weighted by Crippen LogP contribution is 2.38. The van der Waals surface area contributed by atoms with Gasteiger partial charge in [-0.15, -0.1) is 0 Å². The molecule has 0 bridgehead atoms. The fraction of sp³-hybridized carbons (Fsp3) is 0. The van der Waals surface area contributed by atoms with Gasteiger partial charge in [0.1, 0.15) is 11.4 Å². The number of aliphatic imine (C=N–C) groups is 1. The van der Waals surface area contributed by atoms with Crippen LogP contribution in [0.5, 0.6) is 5.88 Å². The lowest BCUT2D eigenvalue weighted by molar-refractivity contribution is 0.426. The Morgan fingerprint density at radius 3 is 2.38 bits per heavy atom. The molecule has 7 heteroatoms. The summed E-state index contributed by atoms with van der Waals surface area (Å²) in [5.74, 6) is -1.37. The number of allylic oxidation sites excluding steroid dienone is 1. The van der Waals surface area contributed by atoms with Crippen LogP contribution in [0.1, 0.15) is 16.7 Å². The van der Waals surface area contributed by atoms with E-state index in [1.165, 1.54) is 24.3 Å². The van der Waals surface area contributed by atoms with Crippen LogP contribution in [0.2, 0.25) is 0 Å². The molecule has 6 nitrogen and oxygen atoms in total. The highest BCUT2D eigenvalue weighted by atomic mass is 19.1. The van der Waals surface area contributed by atoms with E-state index in [1.54, 1.807) is 0 Å². The summed E-state index contributed by atoms with van der Waals surface area (Å²) < 4.78 is 15.1. The molecule has 156 valence electrons. The highest BCUT2D eigenvalue weighted by molar-refractivity contribution is 6.39. The minimum absolute atomic E-state index is 0.172. The molecule has 0 radical (unpaired) electrons. The van der Waals surface area contributed by atoms with E-state index >= 15 is 0 Å². The number of aromatic hydroxyl groups is 1. The molecule has 3 aromatic carbocycles. The maximum Gasteiger partial charge on any atom is 0.335 e. The zero-order valence-electron chi connectivity index (χ0n) is 16.6. The van der Waals surface area contributed by atoms with Crippen molar-refractivity contribution in [2.24, 2.45) is 4.99 Å². The Kier molecular flexibility index (Phi) is 4.63. The Hall–Kier alpha value is -4.52. The Labute approximate surface area is 181 Å². The van der Waals surface area contributed by atoms with E-state index in [-0.39, 0.29) is 11.3 Å². The molecule has 0 spiro atoms. The largest absolute Gasteiger partial charge is 0.494 e. The number of fused-ring (bicyclic) bond motifs is 1. The van der Waals surface area contributed by atoms with Gasteiger partial charge in [0, 0.05) is 16.7 Å². The molecule has 0 unspecified atom stereocenters. The van der Waals surface area contributed by atoms with E-state index in [0.717, 1.165) is 27.4 Å². The Morgan fingerprint density at radius 1 is 0.906 bits per heavy atom. The van der Waals surface area contributed by atoms with Crippen LogP contribution < -0.4 is 11.2 Å². The third-order valence-corrected chi connectivity index (χ3v) is 5.23. The van der Waals surface area contributed by atoms with Crippen LogP contribution >= 0.6 is 0 Å². The van der Waals surface area contributed by atoms with Crippen LogP contribution in [0, 0.1) is 5.82 Å². The van der Waals surface area contributed by atoms with Crippen molar-refractivity contribution in [2.75, 3.05) is 0 Å². The summed E-state index contributed by atoms with van der Waals surface area (Å²) in [6.07, 6.45) is 1.47. The van der Waals surface area contributed by atoms with Gasteiger partial charge in [-0.1, -0.05) is 60.7 Å². The first-order chi connectivity index (χ1) is 15.5. The number of hydrogen-bond acceptors (Lipinski definition) is 4. The second-order valence-corrected chi connectivity index (χ2v) is 7.18. The molecule has 4 aromatic rings. The van der Waals surface area contributed by atoms with Crippen LogP contribution in [-0.2, 0) is 0 Å². The first-order valence-electron chi connectivity index (χ1n) is 9.83. The summed E-state index contributed by atoms with van der Waals surface area (Å²) in [7, 11) is 0. The van der Waals surface area contributed by atoms with Crippen LogP contribution in [0.4, 0.5) is 10.1 Å². The van der Waals surface area contributed by atoms with Crippen molar-refractivity contribution in [1.82, 2.24) is 9.55 Å². The van der Waals surface area contributed by atoms with Crippen LogP contribution in [0.15, 0.2) is 93.4 Å². The minimum atomic E-state index is -0.941. The number of para-hydroxylation sites is 2. The third kappa shape index (κ3) is 3.16. The normalized spacial score (nSPS) is 13.8. The smallest absolute Gasteiger partial charge is 0.335 e. The molecule has 0 saturated heterocycles. The number of nitrogens with zero attached hydrogens (tertiary/aromatic N) is 2. The van der Waals surface area contributed by atoms with E-state index in [1.807, 2.05) is 54.6 Å². The van der Waals surface area contributed by atoms with E-state index in [2.05, 4.69) is 4.98 Å². The minimum Gasteiger partial charge on any atom is -0.494 e. The van der Waals surface area contributed by atoms with Crippen molar-refractivity contribution in [3.8, 4) is 11.6 Å². The number of rotatable bonds is 3. The summed E-state index contributed by atoms with van der Waals surface area (Å²) in [5, 5.41) is 10.9. The predicted octanol–water partition coefficient (Wildman–Crippen LogP) is 4.05. The number of hydrogen-bond donors (Lipinski definition) is 2. The topological polar surface area (TPSA) is 87.5 Å². The lowest BCUT2D eigenvalue weighted by Crippen LogP contribution is -2.31. The highest BCUT2D eigenvalue weighted by Gasteiger charge is 2.24. The van der Waals surface area contributed by atoms with Crippen molar-refractivity contribution in [1.29, 1.82) is 0 Å². The van der Waals surface area contributed by atoms with Gasteiger partial charge in [-0.3, -0.25) is 9.78 Å². The van der Waals surface area contributed by atoms with Crippen molar-refractivity contribution in [3.05, 3.63) is 122 Å². The van der Waals surface area contributed by atoms with Crippen LogP contribution in [0.25, 0.3) is 17.3 Å². The average Bonchev–Trinajstić information content (AvgIpc) is 3.17. The Balaban J connectivity index is 1.77. The number of aromatic amines is 1. The number of benzene rings is 3. The van der Waals surface area contributed by atoms with Gasteiger partial charge in [-0.25, -0.2) is 18.7 Å². The lowest BCUT2D eigenvalue weighted by Gasteiger charge is -2.12. The summed E-state index contributed by atoms with van der Waals surface area (Å²) in [5.41, 5.74) is 1.46. The summed E-state index contributed by atoms with van der Waals surface area (Å²) in [6.45, 7) is 0. The molecule has 0 amide bonds. The molecular weight excluding hydrogens is 409 g/mol. The van der Waals surface area contributed by atoms with E-state index in [4.69, 9.17) is 4.99 Å². The van der Waals surface area contributed by atoms with Gasteiger partial charge < -0.3 is 5.11 Å². The first-order valence-corrected chi connectivity index (χ1v) is 9.83. The molecule has 1 aromatic heterocycles. The fourth-order valence-electron chi connectivity index (χ4n) is 3.74. The zero-order valence-corrected chi connectivity index (χ0v) is 16.6. The molecule has 1 aliphatic heterocycles. The van der Waals surface area contributed by atoms with E-state index in [9.17, 15) is 19.1 Å². The monoisotopic (exact) mass is 425 g/mol. The fourth-order valence-corrected chi connectivity index (χ4v) is 3.74. The van der Waals surface area contributed by atoms with Gasteiger partial charge in [-0.05, 0) is 24.3 Å². The zero-order chi connectivity index (χ0) is 22.2. The van der Waals surface area contributed by atoms with Crippen molar-refractivity contribution < 1.29 is 9.50 Å². The SMILES string of the molecule is O=c1[nH]c(=O)n(-c2ccccc2F)c(O)c1/C=C1/C(c2ccccc2)=Nc2ccccc21. The molecule has 2 N–H and O–H groups in total. The van der Waals surface area contributed by atoms with Crippen molar-refractivity contribution in [3.63, 3.8) is 0 Å². The number of halogens is 1. The van der Waals surface area contributed by atoms with Crippen molar-refractivity contribution >= 4 is 23.0 Å². The van der Waals surface area contributed by atoms with Gasteiger partial charge in [0.25, 0.3) is 5.56 Å². The van der Waals surface area contributed by atoms with Gasteiger partial charge in [0.15, 0.2) is 0 Å². The standard InChI is InChI=1S/C25H16FN3O3/c26-19-11-5-7-13-21(19)29-24(31)18(23(30)28-25(29)32)14-17-16-10-4-6-12-20(16)27-22(17)15-8-2-1-3-9-15/h1-14,31H,(H,28,30,32)/b17-14+. The lowest BCUT2D eigenvalue weighted by atomic mass is 9.96. The van der Waals surface area contributed by atoms with Gasteiger partial charge in [-0.2, -0.15) is 0 Å². The third-order valence-electron chi connectivity index (χ3n) is 5.23. The molecule has 2 heterocycles. The molecule has 0 aliphatic carbocycles. The van der Waals surface area contributed by atoms with Crippen LogP contribution in [0.3, 0.4) is 0 Å². The maximum atomic E-state index is 14.4. The van der Waals surface area contributed by atoms with E-state index in [0.29, 0.717) is 11.3 Å². The molecule has 5 rings (SSSR count). The van der Waals surface area contributed by atoms with Gasteiger partial charge >= 0.3 is 5.69 Å². The second kappa shape index (κ2) is 7.63. The molecule has 0 fully saturated rings. The molecule has 32 heavy (non-hydrogen) atoms. The average molecular weight is 425 g/mol. The summed E-state index contributed by atoms with van der Waals surface area (Å²) in [4.78, 5) is 32.0. The van der Waals surface area contributed by atoms with Crippen molar-refractivity contribution in [2.45, 2.75) is 0 Å². The molecular formula is C25H16FN3O3. The molecule has 0 atom stereocenters. The maximum absolute atomic E-state index is 14.4. The molecule has 1 aliphatic rings. The van der Waals surface area contributed by atoms with Crippen LogP contribution in [-0.4, -0.2) is 20.4 Å². The predicted molar refractivity (Wildman–Crippen MR) is 121 cm³/mol. The molecule has 0 saturated carbocycles. The van der Waals surface area contributed by atoms with Gasteiger partial charge in [0.05, 0.1) is 17.1 Å². The van der Waals surface area contributed by atoms with E-state index < -0.39 is 22.9 Å². The van der Waals surface area contributed by atoms with Gasteiger partial charge in [0.2, 0.25) is 5.88 Å². The number of nitrogens with one attached hydrogen (secondary N) is 1.